The molecule has 0 atom stereocenters. The van der Waals surface area contributed by atoms with E-state index in [2.05, 4.69) is 15.5 Å². The molecule has 0 aliphatic carbocycles. The van der Waals surface area contributed by atoms with Crippen LogP contribution in [-0.4, -0.2) is 16.0 Å². The van der Waals surface area contributed by atoms with Crippen molar-refractivity contribution in [3.8, 4) is 5.75 Å². The van der Waals surface area contributed by atoms with Crippen molar-refractivity contribution in [2.24, 2.45) is 0 Å². The van der Waals surface area contributed by atoms with Crippen molar-refractivity contribution in [1.29, 1.82) is 0 Å². The number of nitrogens with one attached hydrogen (secondary N) is 1. The minimum Gasteiger partial charge on any atom is -0.485 e. The highest BCUT2D eigenvalue weighted by Gasteiger charge is 2.15. The molecule has 0 unspecified atom stereocenters. The molecule has 2 heterocycles. The zero-order chi connectivity index (χ0) is 21.1. The minimum atomic E-state index is -0.582. The van der Waals surface area contributed by atoms with Crippen LogP contribution in [-0.2, 0) is 13.2 Å². The lowest BCUT2D eigenvalue weighted by Gasteiger charge is -2.05. The quantitative estimate of drug-likeness (QED) is 0.488. The largest absolute Gasteiger partial charge is 0.485 e. The van der Waals surface area contributed by atoms with Gasteiger partial charge in [0.15, 0.2) is 6.61 Å². The van der Waals surface area contributed by atoms with Crippen LogP contribution in [0.5, 0.6) is 5.75 Å². The third kappa shape index (κ3) is 4.35. The van der Waals surface area contributed by atoms with Crippen molar-refractivity contribution in [3.63, 3.8) is 0 Å². The first-order valence-electron chi connectivity index (χ1n) is 9.00. The van der Waals surface area contributed by atoms with Crippen molar-refractivity contribution in [2.45, 2.75) is 20.1 Å². The Morgan fingerprint density at radius 3 is 2.90 bits per heavy atom. The number of rotatable bonds is 6. The topological polar surface area (TPSA) is 107 Å². The van der Waals surface area contributed by atoms with Crippen LogP contribution in [0.25, 0.3) is 11.0 Å². The van der Waals surface area contributed by atoms with Gasteiger partial charge in [-0.3, -0.25) is 4.79 Å². The maximum absolute atomic E-state index is 13.2. The smallest absolute Gasteiger partial charge is 0.336 e. The van der Waals surface area contributed by atoms with E-state index < -0.39 is 11.5 Å². The summed E-state index contributed by atoms with van der Waals surface area (Å²) in [6, 6.07) is 12.4. The van der Waals surface area contributed by atoms with Gasteiger partial charge in [-0.15, -0.1) is 0 Å². The Labute approximate surface area is 169 Å². The standard InChI is InChI=1S/C21H16FN3O5/c1-12-7-19(26)29-17-9-15(5-6-16(12)17)28-11-18-24-21(30-25-18)20(27)23-10-13-3-2-4-14(22)8-13/h2-9H,10-11H2,1H3,(H,23,27). The highest BCUT2D eigenvalue weighted by atomic mass is 19.1. The summed E-state index contributed by atoms with van der Waals surface area (Å²) in [5.41, 5.74) is 1.37. The van der Waals surface area contributed by atoms with Crippen LogP contribution in [0.1, 0.15) is 27.6 Å². The van der Waals surface area contributed by atoms with Gasteiger partial charge in [-0.05, 0) is 42.3 Å². The number of halogens is 1. The normalized spacial score (nSPS) is 10.9. The van der Waals surface area contributed by atoms with Crippen LogP contribution < -0.4 is 15.7 Å². The van der Waals surface area contributed by atoms with Gasteiger partial charge in [0.05, 0.1) is 0 Å². The number of hydrogen-bond donors (Lipinski definition) is 1. The van der Waals surface area contributed by atoms with Gasteiger partial charge in [-0.2, -0.15) is 4.98 Å². The van der Waals surface area contributed by atoms with E-state index in [1.54, 1.807) is 30.3 Å². The molecule has 152 valence electrons. The lowest BCUT2D eigenvalue weighted by atomic mass is 10.1. The van der Waals surface area contributed by atoms with E-state index in [1.807, 2.05) is 6.92 Å². The highest BCUT2D eigenvalue weighted by molar-refractivity contribution is 5.89. The molecular weight excluding hydrogens is 393 g/mol. The Hall–Kier alpha value is -4.01. The van der Waals surface area contributed by atoms with Gasteiger partial charge in [0.2, 0.25) is 5.82 Å². The fourth-order valence-electron chi connectivity index (χ4n) is 2.85. The average Bonchev–Trinajstić information content (AvgIpc) is 3.19. The highest BCUT2D eigenvalue weighted by Crippen LogP contribution is 2.22. The predicted molar refractivity (Wildman–Crippen MR) is 103 cm³/mol. The van der Waals surface area contributed by atoms with Crippen molar-refractivity contribution >= 4 is 16.9 Å². The molecule has 0 bridgehead atoms. The van der Waals surface area contributed by atoms with Crippen LogP contribution in [0.3, 0.4) is 0 Å². The third-order valence-electron chi connectivity index (χ3n) is 4.30. The monoisotopic (exact) mass is 409 g/mol. The fraction of sp³-hybridized carbons (Fsp3) is 0.143. The number of fused-ring (bicyclic) bond motifs is 1. The van der Waals surface area contributed by atoms with E-state index in [-0.39, 0.29) is 30.7 Å². The molecule has 0 aliphatic rings. The lowest BCUT2D eigenvalue weighted by molar-refractivity contribution is 0.0907. The molecular formula is C21H16FN3O5. The molecule has 0 spiro atoms. The van der Waals surface area contributed by atoms with Gasteiger partial charge in [-0.25, -0.2) is 9.18 Å². The number of hydrogen-bond acceptors (Lipinski definition) is 7. The molecule has 0 radical (unpaired) electrons. The molecule has 9 heteroatoms. The average molecular weight is 409 g/mol. The number of aryl methyl sites for hydroxylation is 1. The van der Waals surface area contributed by atoms with E-state index in [1.165, 1.54) is 18.2 Å². The van der Waals surface area contributed by atoms with E-state index in [0.717, 1.165) is 10.9 Å². The Balaban J connectivity index is 1.38. The zero-order valence-electron chi connectivity index (χ0n) is 15.8. The fourth-order valence-corrected chi connectivity index (χ4v) is 2.85. The van der Waals surface area contributed by atoms with Crippen LogP contribution in [0.15, 0.2) is 62.3 Å². The summed E-state index contributed by atoms with van der Waals surface area (Å²) in [7, 11) is 0. The van der Waals surface area contributed by atoms with Crippen LogP contribution >= 0.6 is 0 Å². The summed E-state index contributed by atoms with van der Waals surface area (Å²) in [4.78, 5) is 27.6. The summed E-state index contributed by atoms with van der Waals surface area (Å²) in [6.45, 7) is 1.88. The molecule has 4 aromatic rings. The van der Waals surface area contributed by atoms with Crippen molar-refractivity contribution in [1.82, 2.24) is 15.5 Å². The number of amides is 1. The summed E-state index contributed by atoms with van der Waals surface area (Å²) >= 11 is 0. The Kier molecular flexibility index (Phi) is 5.25. The molecule has 1 N–H and O–H groups in total. The van der Waals surface area contributed by atoms with Gasteiger partial charge in [0.1, 0.15) is 17.1 Å². The first-order chi connectivity index (χ1) is 14.5. The van der Waals surface area contributed by atoms with Gasteiger partial charge in [0.25, 0.3) is 0 Å². The van der Waals surface area contributed by atoms with Crippen molar-refractivity contribution < 1.29 is 22.9 Å². The maximum Gasteiger partial charge on any atom is 0.336 e. The molecule has 30 heavy (non-hydrogen) atoms. The number of benzene rings is 2. The first-order valence-corrected chi connectivity index (χ1v) is 9.00. The third-order valence-corrected chi connectivity index (χ3v) is 4.30. The van der Waals surface area contributed by atoms with Crippen LogP contribution in [0.4, 0.5) is 4.39 Å². The summed E-state index contributed by atoms with van der Waals surface area (Å²) in [6.07, 6.45) is 0. The number of carbonyl (C=O) groups is 1. The summed E-state index contributed by atoms with van der Waals surface area (Å²) in [5, 5.41) is 7.09. The van der Waals surface area contributed by atoms with Gasteiger partial charge in [-0.1, -0.05) is 17.3 Å². The van der Waals surface area contributed by atoms with E-state index in [4.69, 9.17) is 13.7 Å². The number of nitrogens with zero attached hydrogens (tertiary/aromatic N) is 2. The van der Waals surface area contributed by atoms with Gasteiger partial charge >= 0.3 is 17.4 Å². The molecule has 0 saturated carbocycles. The van der Waals surface area contributed by atoms with Gasteiger partial charge < -0.3 is 19.0 Å². The van der Waals surface area contributed by atoms with E-state index in [0.29, 0.717) is 16.9 Å². The molecule has 1 amide bonds. The Bertz CT molecular complexity index is 1280. The SMILES string of the molecule is Cc1cc(=O)oc2cc(OCc3noc(C(=O)NCc4cccc(F)c4)n3)ccc12. The van der Waals surface area contributed by atoms with Crippen LogP contribution in [0.2, 0.25) is 0 Å². The minimum absolute atomic E-state index is 0.0533. The molecule has 2 aromatic heterocycles. The van der Waals surface area contributed by atoms with Crippen molar-refractivity contribution in [2.75, 3.05) is 0 Å². The molecule has 0 saturated heterocycles. The van der Waals surface area contributed by atoms with E-state index >= 15 is 0 Å². The second-order valence-corrected chi connectivity index (χ2v) is 6.52. The molecule has 2 aromatic carbocycles. The predicted octanol–water partition coefficient (Wildman–Crippen LogP) is 3.13. The summed E-state index contributed by atoms with van der Waals surface area (Å²) < 4.78 is 28.9. The maximum atomic E-state index is 13.2. The Morgan fingerprint density at radius 1 is 1.20 bits per heavy atom. The first kappa shape index (κ1) is 19.3. The van der Waals surface area contributed by atoms with Crippen LogP contribution in [0, 0.1) is 12.7 Å². The molecule has 0 fully saturated rings. The Morgan fingerprint density at radius 2 is 2.07 bits per heavy atom. The second-order valence-electron chi connectivity index (χ2n) is 6.52. The lowest BCUT2D eigenvalue weighted by Crippen LogP contribution is -2.23. The number of aromatic nitrogens is 2. The molecule has 0 aliphatic heterocycles. The second kappa shape index (κ2) is 8.16. The zero-order valence-corrected chi connectivity index (χ0v) is 15.8. The number of carbonyl (C=O) groups excluding carboxylic acids is 1. The molecule has 8 nitrogen and oxygen atoms in total. The number of ether oxygens (including phenoxy) is 1. The summed E-state index contributed by atoms with van der Waals surface area (Å²) in [5.74, 6) is -0.594. The molecule has 4 rings (SSSR count). The van der Waals surface area contributed by atoms with E-state index in [9.17, 15) is 14.0 Å². The van der Waals surface area contributed by atoms with Gasteiger partial charge in [0, 0.05) is 24.1 Å². The van der Waals surface area contributed by atoms with Crippen molar-refractivity contribution in [3.05, 3.63) is 87.6 Å².